The van der Waals surface area contributed by atoms with Crippen LogP contribution < -0.4 is 4.90 Å². The molecule has 0 spiro atoms. The quantitative estimate of drug-likeness (QED) is 0.606. The third kappa shape index (κ3) is 3.71. The SMILES string of the molecule is C=CCCCN(C)c1cc(Br)cc(C#N)c1. The molecule has 0 aliphatic rings. The second-order valence-corrected chi connectivity index (χ2v) is 4.58. The number of nitrogens with zero attached hydrogens (tertiary/aromatic N) is 2. The molecule has 0 aliphatic carbocycles. The molecule has 0 heterocycles. The lowest BCUT2D eigenvalue weighted by Crippen LogP contribution is -2.18. The van der Waals surface area contributed by atoms with Crippen LogP contribution in [0.15, 0.2) is 35.3 Å². The van der Waals surface area contributed by atoms with E-state index < -0.39 is 0 Å². The summed E-state index contributed by atoms with van der Waals surface area (Å²) in [4.78, 5) is 2.15. The predicted molar refractivity (Wildman–Crippen MR) is 71.6 cm³/mol. The number of anilines is 1. The number of halogens is 1. The van der Waals surface area contributed by atoms with E-state index in [2.05, 4.69) is 33.5 Å². The van der Waals surface area contributed by atoms with Gasteiger partial charge in [0.2, 0.25) is 0 Å². The number of allylic oxidation sites excluding steroid dienone is 1. The highest BCUT2D eigenvalue weighted by molar-refractivity contribution is 9.10. The first-order valence-electron chi connectivity index (χ1n) is 5.20. The van der Waals surface area contributed by atoms with Crippen LogP contribution in [0.2, 0.25) is 0 Å². The summed E-state index contributed by atoms with van der Waals surface area (Å²) in [7, 11) is 2.03. The van der Waals surface area contributed by atoms with E-state index in [0.29, 0.717) is 5.56 Å². The molecule has 1 aromatic carbocycles. The lowest BCUT2D eigenvalue weighted by Gasteiger charge is -2.19. The molecule has 1 aromatic rings. The maximum absolute atomic E-state index is 8.88. The fourth-order valence-corrected chi connectivity index (χ4v) is 1.94. The maximum atomic E-state index is 8.88. The molecule has 1 rings (SSSR count). The Kier molecular flexibility index (Phi) is 5.07. The summed E-state index contributed by atoms with van der Waals surface area (Å²) in [6.45, 7) is 4.67. The number of rotatable bonds is 5. The van der Waals surface area contributed by atoms with Crippen molar-refractivity contribution in [2.24, 2.45) is 0 Å². The molecular formula is C13H15BrN2. The Morgan fingerprint density at radius 1 is 1.50 bits per heavy atom. The van der Waals surface area contributed by atoms with Crippen molar-refractivity contribution in [1.29, 1.82) is 5.26 Å². The monoisotopic (exact) mass is 278 g/mol. The Morgan fingerprint density at radius 3 is 2.88 bits per heavy atom. The van der Waals surface area contributed by atoms with Gasteiger partial charge in [-0.25, -0.2) is 0 Å². The lowest BCUT2D eigenvalue weighted by molar-refractivity contribution is 0.802. The Morgan fingerprint density at radius 2 is 2.25 bits per heavy atom. The number of unbranched alkanes of at least 4 members (excludes halogenated alkanes) is 1. The van der Waals surface area contributed by atoms with Gasteiger partial charge in [-0.2, -0.15) is 5.26 Å². The normalized spacial score (nSPS) is 9.56. The van der Waals surface area contributed by atoms with Gasteiger partial charge in [0.15, 0.2) is 0 Å². The van der Waals surface area contributed by atoms with E-state index in [0.717, 1.165) is 29.5 Å². The molecule has 84 valence electrons. The zero-order valence-corrected chi connectivity index (χ0v) is 11.0. The van der Waals surface area contributed by atoms with E-state index in [-0.39, 0.29) is 0 Å². The molecular weight excluding hydrogens is 264 g/mol. The Balaban J connectivity index is 2.75. The Labute approximate surface area is 105 Å². The lowest BCUT2D eigenvalue weighted by atomic mass is 10.2. The Hall–Kier alpha value is -1.27. The van der Waals surface area contributed by atoms with E-state index in [9.17, 15) is 0 Å². The van der Waals surface area contributed by atoms with Gasteiger partial charge in [-0.3, -0.25) is 0 Å². The summed E-state index contributed by atoms with van der Waals surface area (Å²) in [6, 6.07) is 7.90. The predicted octanol–water partition coefficient (Wildman–Crippen LogP) is 3.72. The first-order chi connectivity index (χ1) is 7.67. The van der Waals surface area contributed by atoms with Crippen LogP contribution in [0.25, 0.3) is 0 Å². The number of hydrogen-bond donors (Lipinski definition) is 0. The van der Waals surface area contributed by atoms with Crippen LogP contribution in [0.4, 0.5) is 5.69 Å². The van der Waals surface area contributed by atoms with Gasteiger partial charge >= 0.3 is 0 Å². The third-order valence-electron chi connectivity index (χ3n) is 2.35. The van der Waals surface area contributed by atoms with Crippen molar-refractivity contribution in [3.63, 3.8) is 0 Å². The first kappa shape index (κ1) is 12.8. The van der Waals surface area contributed by atoms with Gasteiger partial charge in [-0.05, 0) is 31.0 Å². The van der Waals surface area contributed by atoms with Gasteiger partial charge in [0.05, 0.1) is 11.6 Å². The van der Waals surface area contributed by atoms with Crippen LogP contribution in [-0.2, 0) is 0 Å². The maximum Gasteiger partial charge on any atom is 0.0992 e. The molecule has 0 saturated carbocycles. The molecule has 16 heavy (non-hydrogen) atoms. The van der Waals surface area contributed by atoms with Crippen molar-refractivity contribution in [3.05, 3.63) is 40.9 Å². The topological polar surface area (TPSA) is 27.0 Å². The molecule has 0 aliphatic heterocycles. The summed E-state index contributed by atoms with van der Waals surface area (Å²) >= 11 is 3.41. The summed E-state index contributed by atoms with van der Waals surface area (Å²) in [5.41, 5.74) is 1.75. The average molecular weight is 279 g/mol. The molecule has 3 heteroatoms. The summed E-state index contributed by atoms with van der Waals surface area (Å²) in [5.74, 6) is 0. The zero-order chi connectivity index (χ0) is 12.0. The Bertz CT molecular complexity index is 407. The van der Waals surface area contributed by atoms with Crippen molar-refractivity contribution in [1.82, 2.24) is 0 Å². The minimum Gasteiger partial charge on any atom is -0.375 e. The van der Waals surface area contributed by atoms with Crippen LogP contribution in [0.3, 0.4) is 0 Å². The van der Waals surface area contributed by atoms with E-state index in [1.54, 1.807) is 0 Å². The summed E-state index contributed by atoms with van der Waals surface area (Å²) < 4.78 is 0.942. The van der Waals surface area contributed by atoms with E-state index >= 15 is 0 Å². The van der Waals surface area contributed by atoms with Crippen LogP contribution in [0, 0.1) is 11.3 Å². The molecule has 0 aromatic heterocycles. The number of nitriles is 1. The number of hydrogen-bond acceptors (Lipinski definition) is 2. The van der Waals surface area contributed by atoms with Gasteiger partial charge < -0.3 is 4.90 Å². The second-order valence-electron chi connectivity index (χ2n) is 3.66. The van der Waals surface area contributed by atoms with Crippen LogP contribution in [0.1, 0.15) is 18.4 Å². The van der Waals surface area contributed by atoms with Crippen molar-refractivity contribution in [2.45, 2.75) is 12.8 Å². The fraction of sp³-hybridized carbons (Fsp3) is 0.308. The van der Waals surface area contributed by atoms with E-state index in [1.807, 2.05) is 31.3 Å². The van der Waals surface area contributed by atoms with E-state index in [4.69, 9.17) is 5.26 Å². The van der Waals surface area contributed by atoms with Gasteiger partial charge in [-0.1, -0.05) is 22.0 Å². The van der Waals surface area contributed by atoms with Crippen LogP contribution in [-0.4, -0.2) is 13.6 Å². The fourth-order valence-electron chi connectivity index (χ4n) is 1.46. The molecule has 0 saturated heterocycles. The molecule has 0 atom stereocenters. The molecule has 0 fully saturated rings. The highest BCUT2D eigenvalue weighted by Gasteiger charge is 2.03. The molecule has 0 bridgehead atoms. The van der Waals surface area contributed by atoms with Gasteiger partial charge in [0, 0.05) is 23.8 Å². The van der Waals surface area contributed by atoms with Crippen LogP contribution in [0.5, 0.6) is 0 Å². The smallest absolute Gasteiger partial charge is 0.0992 e. The van der Waals surface area contributed by atoms with E-state index in [1.165, 1.54) is 0 Å². The molecule has 0 unspecified atom stereocenters. The average Bonchev–Trinajstić information content (AvgIpc) is 2.28. The molecule has 2 nitrogen and oxygen atoms in total. The standard InChI is InChI=1S/C13H15BrN2/c1-3-4-5-6-16(2)13-8-11(10-15)7-12(14)9-13/h3,7-9H,1,4-6H2,2H3. The van der Waals surface area contributed by atoms with Crippen molar-refractivity contribution in [2.75, 3.05) is 18.5 Å². The second kappa shape index (κ2) is 6.34. The van der Waals surface area contributed by atoms with Gasteiger partial charge in [-0.15, -0.1) is 6.58 Å². The van der Waals surface area contributed by atoms with Crippen molar-refractivity contribution in [3.8, 4) is 6.07 Å². The minimum absolute atomic E-state index is 0.681. The third-order valence-corrected chi connectivity index (χ3v) is 2.81. The highest BCUT2D eigenvalue weighted by Crippen LogP contribution is 2.22. The van der Waals surface area contributed by atoms with Gasteiger partial charge in [0.25, 0.3) is 0 Å². The van der Waals surface area contributed by atoms with Crippen molar-refractivity contribution >= 4 is 21.6 Å². The minimum atomic E-state index is 0.681. The highest BCUT2D eigenvalue weighted by atomic mass is 79.9. The molecule has 0 amide bonds. The summed E-state index contributed by atoms with van der Waals surface area (Å²) in [5, 5.41) is 8.88. The van der Waals surface area contributed by atoms with Crippen molar-refractivity contribution < 1.29 is 0 Å². The number of benzene rings is 1. The summed E-state index contributed by atoms with van der Waals surface area (Å²) in [6.07, 6.45) is 4.02. The van der Waals surface area contributed by atoms with Crippen LogP contribution >= 0.6 is 15.9 Å². The first-order valence-corrected chi connectivity index (χ1v) is 5.99. The zero-order valence-electron chi connectivity index (χ0n) is 9.41. The largest absolute Gasteiger partial charge is 0.375 e. The van der Waals surface area contributed by atoms with Gasteiger partial charge in [0.1, 0.15) is 0 Å². The molecule has 0 radical (unpaired) electrons. The molecule has 0 N–H and O–H groups in total.